The molecule has 9 heteroatoms. The van der Waals surface area contributed by atoms with Gasteiger partial charge in [-0.05, 0) is 6.07 Å². The second kappa shape index (κ2) is 4.37. The van der Waals surface area contributed by atoms with Crippen molar-refractivity contribution in [2.75, 3.05) is 0 Å². The molecule has 3 nitrogen and oxygen atoms in total. The van der Waals surface area contributed by atoms with E-state index >= 15 is 0 Å². The molecular weight excluding hydrogens is 294 g/mol. The van der Waals surface area contributed by atoms with Crippen LogP contribution in [0.4, 0.5) is 8.78 Å². The summed E-state index contributed by atoms with van der Waals surface area (Å²) < 4.78 is 46.8. The molecule has 0 atom stereocenters. The number of aromatic nitrogens is 1. The van der Waals surface area contributed by atoms with Crippen molar-refractivity contribution in [2.24, 2.45) is 0 Å². The quantitative estimate of drug-likeness (QED) is 0.621. The highest BCUT2D eigenvalue weighted by Crippen LogP contribution is 2.34. The van der Waals surface area contributed by atoms with Crippen LogP contribution in [0.2, 0.25) is 10.3 Å². The highest BCUT2D eigenvalue weighted by molar-refractivity contribution is 8.13. The maximum absolute atomic E-state index is 12.5. The average Bonchev–Trinajstić information content (AvgIpc) is 1.99. The molecule has 0 saturated carbocycles. The largest absolute Gasteiger partial charge is 0.268 e. The van der Waals surface area contributed by atoms with Crippen LogP contribution in [0.3, 0.4) is 0 Å². The van der Waals surface area contributed by atoms with Crippen LogP contribution in [0.25, 0.3) is 0 Å². The Kier molecular flexibility index (Phi) is 3.76. The van der Waals surface area contributed by atoms with E-state index in [2.05, 4.69) is 4.98 Å². The first-order valence-electron chi connectivity index (χ1n) is 3.32. The minimum Gasteiger partial charge on any atom is -0.224 e. The molecule has 0 saturated heterocycles. The average molecular weight is 297 g/mol. The maximum atomic E-state index is 12.5. The van der Waals surface area contributed by atoms with Crippen molar-refractivity contribution in [2.45, 2.75) is 11.3 Å². The number of hydrogen-bond acceptors (Lipinski definition) is 3. The van der Waals surface area contributed by atoms with E-state index in [-0.39, 0.29) is 5.15 Å². The van der Waals surface area contributed by atoms with Crippen molar-refractivity contribution >= 4 is 42.9 Å². The number of pyridine rings is 1. The maximum Gasteiger partial charge on any atom is 0.268 e. The summed E-state index contributed by atoms with van der Waals surface area (Å²) in [7, 11) is 0.605. The Morgan fingerprint density at radius 2 is 1.87 bits per heavy atom. The fourth-order valence-electron chi connectivity index (χ4n) is 0.873. The third-order valence-electron chi connectivity index (χ3n) is 1.42. The minimum atomic E-state index is -4.34. The SMILES string of the molecule is O=S(=O)(Cl)c1cc(Cl)nc(Cl)c1C(F)F. The molecule has 0 aliphatic carbocycles. The van der Waals surface area contributed by atoms with E-state index in [0.717, 1.165) is 6.07 Å². The molecule has 0 aliphatic heterocycles. The summed E-state index contributed by atoms with van der Waals surface area (Å²) in [4.78, 5) is 2.47. The van der Waals surface area contributed by atoms with E-state index in [0.29, 0.717) is 0 Å². The van der Waals surface area contributed by atoms with Crippen LogP contribution in [-0.4, -0.2) is 13.4 Å². The number of halogens is 5. The molecule has 0 N–H and O–H groups in total. The molecular formula is C6H2Cl3F2NO2S. The van der Waals surface area contributed by atoms with Gasteiger partial charge in [0.1, 0.15) is 10.3 Å². The van der Waals surface area contributed by atoms with Gasteiger partial charge in [-0.25, -0.2) is 22.2 Å². The van der Waals surface area contributed by atoms with Crippen molar-refractivity contribution < 1.29 is 17.2 Å². The van der Waals surface area contributed by atoms with E-state index in [1.165, 1.54) is 0 Å². The van der Waals surface area contributed by atoms with Crippen LogP contribution in [0.15, 0.2) is 11.0 Å². The Bertz CT molecular complexity index is 491. The van der Waals surface area contributed by atoms with Gasteiger partial charge in [-0.1, -0.05) is 23.2 Å². The number of rotatable bonds is 2. The molecule has 84 valence electrons. The molecule has 0 aliphatic rings. The molecule has 1 aromatic rings. The predicted molar refractivity (Wildman–Crippen MR) is 52.3 cm³/mol. The molecule has 1 aromatic heterocycles. The Hall–Kier alpha value is -0.170. The fraction of sp³-hybridized carbons (Fsp3) is 0.167. The number of hydrogen-bond donors (Lipinski definition) is 0. The molecule has 0 radical (unpaired) electrons. The number of nitrogens with zero attached hydrogens (tertiary/aromatic N) is 1. The number of alkyl halides is 2. The highest BCUT2D eigenvalue weighted by atomic mass is 35.7. The molecule has 15 heavy (non-hydrogen) atoms. The van der Waals surface area contributed by atoms with Crippen LogP contribution in [0, 0.1) is 0 Å². The van der Waals surface area contributed by atoms with Gasteiger partial charge in [-0.2, -0.15) is 0 Å². The van der Waals surface area contributed by atoms with E-state index in [1.807, 2.05) is 0 Å². The molecule has 0 aromatic carbocycles. The first kappa shape index (κ1) is 12.9. The first-order valence-corrected chi connectivity index (χ1v) is 6.38. The molecule has 1 rings (SSSR count). The lowest BCUT2D eigenvalue weighted by Gasteiger charge is -2.07. The third-order valence-corrected chi connectivity index (χ3v) is 3.27. The van der Waals surface area contributed by atoms with Gasteiger partial charge in [0.15, 0.2) is 0 Å². The van der Waals surface area contributed by atoms with Gasteiger partial charge in [0.05, 0.1) is 10.5 Å². The standard InChI is InChI=1S/C6H2Cl3F2NO2S/c7-3-1-2(15(9,13)14)4(6(10)11)5(8)12-3/h1,6H. The lowest BCUT2D eigenvalue weighted by atomic mass is 10.3. The normalized spacial score (nSPS) is 12.1. The van der Waals surface area contributed by atoms with E-state index < -0.39 is 31.1 Å². The lowest BCUT2D eigenvalue weighted by Crippen LogP contribution is -2.01. The summed E-state index contributed by atoms with van der Waals surface area (Å²) in [5.74, 6) is 0. The molecule has 0 amide bonds. The van der Waals surface area contributed by atoms with Gasteiger partial charge in [0, 0.05) is 10.7 Å². The van der Waals surface area contributed by atoms with E-state index in [9.17, 15) is 17.2 Å². The predicted octanol–water partition coefficient (Wildman–Crippen LogP) is 3.25. The summed E-state index contributed by atoms with van der Waals surface area (Å²) >= 11 is 10.7. The van der Waals surface area contributed by atoms with Crippen LogP contribution in [0.1, 0.15) is 12.0 Å². The molecule has 0 bridgehead atoms. The molecule has 0 spiro atoms. The van der Waals surface area contributed by atoms with Crippen molar-refractivity contribution in [1.82, 2.24) is 4.98 Å². The summed E-state index contributed by atoms with van der Waals surface area (Å²) in [6.07, 6.45) is -3.11. The van der Waals surface area contributed by atoms with Gasteiger partial charge < -0.3 is 0 Å². The van der Waals surface area contributed by atoms with Gasteiger partial charge in [0.25, 0.3) is 15.5 Å². The van der Waals surface area contributed by atoms with Crippen molar-refractivity contribution in [3.8, 4) is 0 Å². The second-order valence-corrected chi connectivity index (χ2v) is 5.67. The fourth-order valence-corrected chi connectivity index (χ4v) is 2.59. The Balaban J connectivity index is 3.62. The monoisotopic (exact) mass is 295 g/mol. The Morgan fingerprint density at radius 3 is 2.27 bits per heavy atom. The van der Waals surface area contributed by atoms with Gasteiger partial charge in [-0.15, -0.1) is 0 Å². The van der Waals surface area contributed by atoms with E-state index in [1.54, 1.807) is 0 Å². The van der Waals surface area contributed by atoms with E-state index in [4.69, 9.17) is 33.9 Å². The van der Waals surface area contributed by atoms with Crippen LogP contribution < -0.4 is 0 Å². The Labute approximate surface area is 98.4 Å². The second-order valence-electron chi connectivity index (χ2n) is 2.39. The molecule has 0 fully saturated rings. The lowest BCUT2D eigenvalue weighted by molar-refractivity contribution is 0.147. The zero-order valence-corrected chi connectivity index (χ0v) is 9.80. The zero-order chi connectivity index (χ0) is 11.8. The Morgan fingerprint density at radius 1 is 1.33 bits per heavy atom. The molecule has 0 unspecified atom stereocenters. The van der Waals surface area contributed by atoms with Crippen LogP contribution in [-0.2, 0) is 9.05 Å². The van der Waals surface area contributed by atoms with Crippen LogP contribution >= 0.6 is 33.9 Å². The zero-order valence-electron chi connectivity index (χ0n) is 6.72. The summed E-state index contributed by atoms with van der Waals surface area (Å²) in [6.45, 7) is 0. The smallest absolute Gasteiger partial charge is 0.224 e. The first-order chi connectivity index (χ1) is 6.73. The minimum absolute atomic E-state index is 0.330. The van der Waals surface area contributed by atoms with Crippen molar-refractivity contribution in [1.29, 1.82) is 0 Å². The summed E-state index contributed by atoms with van der Waals surface area (Å²) in [5.41, 5.74) is -0.948. The van der Waals surface area contributed by atoms with Gasteiger partial charge >= 0.3 is 0 Å². The van der Waals surface area contributed by atoms with Gasteiger partial charge in [-0.3, -0.25) is 0 Å². The topological polar surface area (TPSA) is 47.0 Å². The summed E-state index contributed by atoms with van der Waals surface area (Å²) in [5, 5.41) is -1.01. The third kappa shape index (κ3) is 2.90. The van der Waals surface area contributed by atoms with Gasteiger partial charge in [0.2, 0.25) is 0 Å². The highest BCUT2D eigenvalue weighted by Gasteiger charge is 2.26. The van der Waals surface area contributed by atoms with Crippen molar-refractivity contribution in [3.05, 3.63) is 21.9 Å². The molecule has 1 heterocycles. The van der Waals surface area contributed by atoms with Crippen LogP contribution in [0.5, 0.6) is 0 Å². The summed E-state index contributed by atoms with van der Waals surface area (Å²) in [6, 6.07) is 0.720. The van der Waals surface area contributed by atoms with Crippen molar-refractivity contribution in [3.63, 3.8) is 0 Å².